The highest BCUT2D eigenvalue weighted by Crippen LogP contribution is 2.08. The van der Waals surface area contributed by atoms with Crippen molar-refractivity contribution in [1.29, 1.82) is 0 Å². The molecule has 0 fully saturated rings. The third-order valence-electron chi connectivity index (χ3n) is 3.17. The molecule has 7 nitrogen and oxygen atoms in total. The molecule has 0 spiro atoms. The van der Waals surface area contributed by atoms with Crippen LogP contribution in [0.15, 0.2) is 30.3 Å². The Bertz CT molecular complexity index is 858. The number of hydrogen-bond donors (Lipinski definition) is 2. The first kappa shape index (κ1) is 14.9. The van der Waals surface area contributed by atoms with E-state index in [1.807, 2.05) is 19.9 Å². The van der Waals surface area contributed by atoms with Crippen molar-refractivity contribution in [3.8, 4) is 0 Å². The molecule has 0 aliphatic rings. The van der Waals surface area contributed by atoms with Gasteiger partial charge in [0.1, 0.15) is 5.82 Å². The maximum Gasteiger partial charge on any atom is 0.319 e. The summed E-state index contributed by atoms with van der Waals surface area (Å²) in [5.41, 5.74) is 2.28. The fourth-order valence-corrected chi connectivity index (χ4v) is 2.15. The van der Waals surface area contributed by atoms with Crippen molar-refractivity contribution in [2.24, 2.45) is 0 Å². The molecule has 1 aromatic carbocycles. The van der Waals surface area contributed by atoms with Crippen LogP contribution in [0, 0.1) is 19.7 Å². The smallest absolute Gasteiger partial charge is 0.319 e. The maximum atomic E-state index is 12.8. The zero-order valence-electron chi connectivity index (χ0n) is 12.7. The molecule has 2 N–H and O–H groups in total. The van der Waals surface area contributed by atoms with E-state index in [9.17, 15) is 9.18 Å². The van der Waals surface area contributed by atoms with Crippen LogP contribution >= 0.6 is 0 Å². The van der Waals surface area contributed by atoms with Crippen molar-refractivity contribution < 1.29 is 9.18 Å². The quantitative estimate of drug-likeness (QED) is 0.776. The Hall–Kier alpha value is -3.03. The minimum atomic E-state index is -0.420. The van der Waals surface area contributed by atoms with Crippen molar-refractivity contribution in [3.05, 3.63) is 53.4 Å². The number of nitrogens with one attached hydrogen (secondary N) is 2. The fourth-order valence-electron chi connectivity index (χ4n) is 2.15. The first-order valence-corrected chi connectivity index (χ1v) is 7.01. The van der Waals surface area contributed by atoms with Gasteiger partial charge in [0.05, 0.1) is 6.54 Å². The number of rotatable bonds is 3. The lowest BCUT2D eigenvalue weighted by molar-refractivity contribution is 0.251. The molecular weight excluding hydrogens is 299 g/mol. The zero-order chi connectivity index (χ0) is 16.4. The third-order valence-corrected chi connectivity index (χ3v) is 3.17. The standard InChI is InChI=1S/C15H15FN6O/c1-9-7-10(2)22-14(18-9)20-13(21-22)8-17-15(23)19-12-5-3-11(16)4-6-12/h3-7H,8H2,1-2H3,(H2,17,19,23). The molecule has 0 saturated carbocycles. The van der Waals surface area contributed by atoms with Crippen LogP contribution in [-0.4, -0.2) is 25.6 Å². The third kappa shape index (κ3) is 3.42. The van der Waals surface area contributed by atoms with E-state index in [-0.39, 0.29) is 12.4 Å². The van der Waals surface area contributed by atoms with Crippen molar-refractivity contribution in [2.75, 3.05) is 5.32 Å². The maximum absolute atomic E-state index is 12.8. The van der Waals surface area contributed by atoms with Gasteiger partial charge < -0.3 is 10.6 Å². The van der Waals surface area contributed by atoms with E-state index in [0.717, 1.165) is 11.4 Å². The largest absolute Gasteiger partial charge is 0.330 e. The molecule has 0 radical (unpaired) electrons. The number of fused-ring (bicyclic) bond motifs is 1. The van der Waals surface area contributed by atoms with E-state index in [0.29, 0.717) is 17.3 Å². The second kappa shape index (κ2) is 5.99. The minimum Gasteiger partial charge on any atom is -0.330 e. The lowest BCUT2D eigenvalue weighted by Gasteiger charge is -2.05. The summed E-state index contributed by atoms with van der Waals surface area (Å²) in [7, 11) is 0. The van der Waals surface area contributed by atoms with Crippen LogP contribution in [0.5, 0.6) is 0 Å². The van der Waals surface area contributed by atoms with Gasteiger partial charge in [-0.15, -0.1) is 5.10 Å². The van der Waals surface area contributed by atoms with Gasteiger partial charge in [-0.3, -0.25) is 0 Å². The van der Waals surface area contributed by atoms with Gasteiger partial charge in [0, 0.05) is 17.1 Å². The first-order valence-electron chi connectivity index (χ1n) is 7.01. The Kier molecular flexibility index (Phi) is 3.88. The van der Waals surface area contributed by atoms with Crippen LogP contribution in [0.2, 0.25) is 0 Å². The number of benzene rings is 1. The number of halogens is 1. The summed E-state index contributed by atoms with van der Waals surface area (Å²) in [6.45, 7) is 3.96. The van der Waals surface area contributed by atoms with Gasteiger partial charge in [-0.25, -0.2) is 18.7 Å². The molecule has 2 amide bonds. The van der Waals surface area contributed by atoms with E-state index in [2.05, 4.69) is 25.7 Å². The second-order valence-corrected chi connectivity index (χ2v) is 5.09. The predicted molar refractivity (Wildman–Crippen MR) is 82.5 cm³/mol. The summed E-state index contributed by atoms with van der Waals surface area (Å²) >= 11 is 0. The molecule has 0 unspecified atom stereocenters. The van der Waals surface area contributed by atoms with Crippen molar-refractivity contribution in [1.82, 2.24) is 24.9 Å². The Morgan fingerprint density at radius 1 is 1.22 bits per heavy atom. The summed E-state index contributed by atoms with van der Waals surface area (Å²) in [6, 6.07) is 6.99. The summed E-state index contributed by atoms with van der Waals surface area (Å²) < 4.78 is 14.4. The van der Waals surface area contributed by atoms with E-state index < -0.39 is 6.03 Å². The molecule has 0 aliphatic heterocycles. The lowest BCUT2D eigenvalue weighted by atomic mass is 10.3. The van der Waals surface area contributed by atoms with Crippen LogP contribution in [0.3, 0.4) is 0 Å². The molecule has 0 bridgehead atoms. The summed E-state index contributed by atoms with van der Waals surface area (Å²) in [6.07, 6.45) is 0. The normalized spacial score (nSPS) is 10.7. The van der Waals surface area contributed by atoms with Crippen LogP contribution in [0.25, 0.3) is 5.78 Å². The molecule has 3 rings (SSSR count). The number of nitrogens with zero attached hydrogens (tertiary/aromatic N) is 4. The number of amides is 2. The second-order valence-electron chi connectivity index (χ2n) is 5.09. The van der Waals surface area contributed by atoms with Gasteiger partial charge in [-0.2, -0.15) is 4.98 Å². The van der Waals surface area contributed by atoms with Crippen LogP contribution in [0.4, 0.5) is 14.9 Å². The van der Waals surface area contributed by atoms with Crippen molar-refractivity contribution in [3.63, 3.8) is 0 Å². The van der Waals surface area contributed by atoms with Gasteiger partial charge in [0.2, 0.25) is 0 Å². The monoisotopic (exact) mass is 314 g/mol. The van der Waals surface area contributed by atoms with Crippen molar-refractivity contribution >= 4 is 17.5 Å². The summed E-state index contributed by atoms with van der Waals surface area (Å²) in [5.74, 6) is 0.599. The van der Waals surface area contributed by atoms with Gasteiger partial charge in [-0.1, -0.05) is 0 Å². The fraction of sp³-hybridized carbons (Fsp3) is 0.200. The van der Waals surface area contributed by atoms with Crippen molar-refractivity contribution in [2.45, 2.75) is 20.4 Å². The SMILES string of the molecule is Cc1cc(C)n2nc(CNC(=O)Nc3ccc(F)cc3)nc2n1. The molecule has 3 aromatic rings. The molecule has 0 saturated heterocycles. The van der Waals surface area contributed by atoms with Gasteiger partial charge in [0.15, 0.2) is 5.82 Å². The number of aromatic nitrogens is 4. The van der Waals surface area contributed by atoms with E-state index >= 15 is 0 Å². The Morgan fingerprint density at radius 2 is 1.96 bits per heavy atom. The number of urea groups is 1. The topological polar surface area (TPSA) is 84.2 Å². The highest BCUT2D eigenvalue weighted by Gasteiger charge is 2.09. The molecule has 23 heavy (non-hydrogen) atoms. The number of aryl methyl sites for hydroxylation is 2. The van der Waals surface area contributed by atoms with Gasteiger partial charge in [-0.05, 0) is 44.2 Å². The minimum absolute atomic E-state index is 0.162. The van der Waals surface area contributed by atoms with E-state index in [4.69, 9.17) is 0 Å². The summed E-state index contributed by atoms with van der Waals surface area (Å²) in [5, 5.41) is 9.54. The van der Waals surface area contributed by atoms with Crippen LogP contribution in [-0.2, 0) is 6.54 Å². The number of hydrogen-bond acceptors (Lipinski definition) is 4. The lowest BCUT2D eigenvalue weighted by Crippen LogP contribution is -2.28. The average molecular weight is 314 g/mol. The molecule has 2 heterocycles. The molecule has 118 valence electrons. The van der Waals surface area contributed by atoms with E-state index in [1.54, 1.807) is 4.52 Å². The van der Waals surface area contributed by atoms with Gasteiger partial charge in [0.25, 0.3) is 5.78 Å². The molecule has 0 aliphatic carbocycles. The number of carbonyl (C=O) groups is 1. The number of carbonyl (C=O) groups excluding carboxylic acids is 1. The molecular formula is C15H15FN6O. The highest BCUT2D eigenvalue weighted by atomic mass is 19.1. The Labute approximate surface area is 131 Å². The highest BCUT2D eigenvalue weighted by molar-refractivity contribution is 5.89. The molecule has 8 heteroatoms. The van der Waals surface area contributed by atoms with E-state index in [1.165, 1.54) is 24.3 Å². The predicted octanol–water partition coefficient (Wildman–Crippen LogP) is 2.20. The zero-order valence-corrected chi connectivity index (χ0v) is 12.7. The molecule has 0 atom stereocenters. The van der Waals surface area contributed by atoms with Crippen LogP contribution in [0.1, 0.15) is 17.2 Å². The Morgan fingerprint density at radius 3 is 2.70 bits per heavy atom. The average Bonchev–Trinajstić information content (AvgIpc) is 2.91. The van der Waals surface area contributed by atoms with Gasteiger partial charge >= 0.3 is 6.03 Å². The first-order chi connectivity index (χ1) is 11.0. The Balaban J connectivity index is 1.64. The molecule has 2 aromatic heterocycles. The van der Waals surface area contributed by atoms with Crippen LogP contribution < -0.4 is 10.6 Å². The number of anilines is 1. The summed E-state index contributed by atoms with van der Waals surface area (Å²) in [4.78, 5) is 20.4.